The Balaban J connectivity index is 1.21. The first-order valence-corrected chi connectivity index (χ1v) is 18.6. The van der Waals surface area contributed by atoms with Crippen molar-refractivity contribution in [3.05, 3.63) is 83.9 Å². The number of ether oxygens (including phenoxy) is 1. The van der Waals surface area contributed by atoms with Crippen LogP contribution in [0.1, 0.15) is 60.1 Å². The number of rotatable bonds is 15. The van der Waals surface area contributed by atoms with Gasteiger partial charge in [0.15, 0.2) is 29.3 Å². The molecule has 4 atom stereocenters. The SMILES string of the molecule is CCNC(=O)[C@H]1O[C@@H](n2cnc3c(NCC(c4ccccc4)c4ccccc4)nc(C(=O)NCCN(C)C(=O)NCCN4CCCCC4)nc32)[C@H](O)[C@@H]1O. The van der Waals surface area contributed by atoms with Crippen LogP contribution in [0.15, 0.2) is 67.0 Å². The minimum atomic E-state index is -1.52. The molecule has 0 aliphatic carbocycles. The summed E-state index contributed by atoms with van der Waals surface area (Å²) in [5.74, 6) is -1.18. The van der Waals surface area contributed by atoms with Crippen molar-refractivity contribution < 1.29 is 29.3 Å². The van der Waals surface area contributed by atoms with Crippen LogP contribution in [0.4, 0.5) is 10.6 Å². The monoisotopic (exact) mass is 742 g/mol. The number of nitrogens with one attached hydrogen (secondary N) is 4. The maximum atomic E-state index is 13.6. The van der Waals surface area contributed by atoms with Gasteiger partial charge in [-0.3, -0.25) is 14.2 Å². The lowest BCUT2D eigenvalue weighted by molar-refractivity contribution is -0.137. The number of piperidine rings is 1. The highest BCUT2D eigenvalue weighted by Gasteiger charge is 2.47. The lowest BCUT2D eigenvalue weighted by Crippen LogP contribution is -2.44. The molecule has 16 heteroatoms. The van der Waals surface area contributed by atoms with Crippen molar-refractivity contribution >= 4 is 34.8 Å². The summed E-state index contributed by atoms with van der Waals surface area (Å²) in [5.41, 5.74) is 2.57. The van der Waals surface area contributed by atoms with E-state index in [9.17, 15) is 24.6 Å². The molecule has 0 bridgehead atoms. The van der Waals surface area contributed by atoms with E-state index in [2.05, 4.69) is 41.1 Å². The van der Waals surface area contributed by atoms with E-state index in [-0.39, 0.29) is 42.3 Å². The maximum Gasteiger partial charge on any atom is 0.317 e. The summed E-state index contributed by atoms with van der Waals surface area (Å²) in [7, 11) is 1.66. The van der Waals surface area contributed by atoms with E-state index in [1.54, 1.807) is 14.0 Å². The van der Waals surface area contributed by atoms with E-state index < -0.39 is 36.4 Å². The first kappa shape index (κ1) is 38.6. The molecule has 0 saturated carbocycles. The Morgan fingerprint density at radius 1 is 0.907 bits per heavy atom. The molecule has 0 spiro atoms. The van der Waals surface area contributed by atoms with Gasteiger partial charge in [-0.15, -0.1) is 0 Å². The second kappa shape index (κ2) is 18.2. The van der Waals surface area contributed by atoms with Crippen molar-refractivity contribution in [3.8, 4) is 0 Å². The number of imidazole rings is 1. The van der Waals surface area contributed by atoms with Crippen molar-refractivity contribution in [2.45, 2.75) is 56.6 Å². The average Bonchev–Trinajstić information content (AvgIpc) is 3.75. The van der Waals surface area contributed by atoms with E-state index in [0.717, 1.165) is 30.8 Å². The smallest absolute Gasteiger partial charge is 0.317 e. The van der Waals surface area contributed by atoms with E-state index in [1.165, 1.54) is 35.1 Å². The summed E-state index contributed by atoms with van der Waals surface area (Å²) in [6.07, 6.45) is -0.591. The highest BCUT2D eigenvalue weighted by Crippen LogP contribution is 2.33. The van der Waals surface area contributed by atoms with E-state index in [4.69, 9.17) is 4.74 Å². The van der Waals surface area contributed by atoms with Gasteiger partial charge in [-0.2, -0.15) is 0 Å². The summed E-state index contributed by atoms with van der Waals surface area (Å²) in [6.45, 7) is 6.25. The third kappa shape index (κ3) is 9.13. The molecule has 0 radical (unpaired) electrons. The van der Waals surface area contributed by atoms with E-state index in [1.807, 2.05) is 60.7 Å². The Kier molecular flexibility index (Phi) is 13.0. The third-order valence-electron chi connectivity index (χ3n) is 9.86. The van der Waals surface area contributed by atoms with Gasteiger partial charge in [-0.1, -0.05) is 67.1 Å². The zero-order chi connectivity index (χ0) is 38.0. The third-order valence-corrected chi connectivity index (χ3v) is 9.86. The molecule has 54 heavy (non-hydrogen) atoms. The minimum absolute atomic E-state index is 0.0914. The van der Waals surface area contributed by atoms with Gasteiger partial charge in [-0.05, 0) is 44.0 Å². The molecule has 4 heterocycles. The fourth-order valence-electron chi connectivity index (χ4n) is 6.86. The molecule has 0 unspecified atom stereocenters. The van der Waals surface area contributed by atoms with E-state index >= 15 is 0 Å². The maximum absolute atomic E-state index is 13.6. The van der Waals surface area contributed by atoms with Crippen molar-refractivity contribution in [2.24, 2.45) is 0 Å². The molecule has 288 valence electrons. The Hall–Kier alpha value is -5.16. The summed E-state index contributed by atoms with van der Waals surface area (Å²) < 4.78 is 7.26. The molecule has 2 saturated heterocycles. The van der Waals surface area contributed by atoms with Crippen LogP contribution in [0.3, 0.4) is 0 Å². The van der Waals surface area contributed by atoms with E-state index in [0.29, 0.717) is 25.2 Å². The molecule has 2 aromatic carbocycles. The standard InChI is InChI=1S/C38H50N10O6/c1-3-39-35(51)31-29(49)30(50)37(54-31)48-24-43-28-32(42-23-27(25-13-7-4-8-14-25)26-15-9-5-10-16-26)44-33(45-34(28)48)36(52)40-17-21-46(2)38(53)41-18-22-47-19-11-6-12-20-47/h4-5,7-10,13-16,24,27,29-31,37,49-50H,3,6,11-12,17-23H2,1-2H3,(H,39,51)(H,40,52)(H,41,53)(H,42,44,45)/t29-,30+,31-,37+/m0/s1. The fraction of sp³-hybridized carbons (Fsp3) is 0.474. The number of amides is 4. The molecular weight excluding hydrogens is 692 g/mol. The van der Waals surface area contributed by atoms with Gasteiger partial charge in [0, 0.05) is 52.2 Å². The lowest BCUT2D eigenvalue weighted by Gasteiger charge is -2.26. The molecule has 2 aliphatic heterocycles. The Morgan fingerprint density at radius 2 is 1.59 bits per heavy atom. The number of hydrogen-bond donors (Lipinski definition) is 6. The largest absolute Gasteiger partial charge is 0.387 e. The molecule has 16 nitrogen and oxygen atoms in total. The van der Waals surface area contributed by atoms with Gasteiger partial charge >= 0.3 is 6.03 Å². The van der Waals surface area contributed by atoms with Crippen molar-refractivity contribution in [1.29, 1.82) is 0 Å². The van der Waals surface area contributed by atoms with Crippen LogP contribution in [-0.2, 0) is 9.53 Å². The summed E-state index contributed by atoms with van der Waals surface area (Å²) >= 11 is 0. The number of benzene rings is 2. The van der Waals surface area contributed by atoms with Gasteiger partial charge in [-0.25, -0.2) is 19.7 Å². The Morgan fingerprint density at radius 3 is 2.26 bits per heavy atom. The fourth-order valence-corrected chi connectivity index (χ4v) is 6.86. The minimum Gasteiger partial charge on any atom is -0.387 e. The molecule has 4 aromatic rings. The summed E-state index contributed by atoms with van der Waals surface area (Å²) in [4.78, 5) is 56.4. The first-order chi connectivity index (χ1) is 26.2. The number of likely N-dealkylation sites (tertiary alicyclic amines) is 1. The number of nitrogens with zero attached hydrogens (tertiary/aromatic N) is 6. The second-order valence-corrected chi connectivity index (χ2v) is 13.6. The number of carbonyl (C=O) groups excluding carboxylic acids is 3. The number of fused-ring (bicyclic) bond motifs is 1. The van der Waals surface area contributed by atoms with Gasteiger partial charge in [0.1, 0.15) is 12.2 Å². The zero-order valence-electron chi connectivity index (χ0n) is 30.7. The number of anilines is 1. The number of urea groups is 1. The Labute approximate surface area is 314 Å². The van der Waals surface area contributed by atoms with Gasteiger partial charge < -0.3 is 46.0 Å². The number of aliphatic hydroxyl groups excluding tert-OH is 2. The van der Waals surface area contributed by atoms with Crippen LogP contribution in [0.2, 0.25) is 0 Å². The normalized spacial score (nSPS) is 20.2. The summed E-state index contributed by atoms with van der Waals surface area (Å²) in [6, 6.07) is 19.8. The topological polar surface area (TPSA) is 199 Å². The van der Waals surface area contributed by atoms with Crippen molar-refractivity contribution in [2.75, 3.05) is 64.7 Å². The highest BCUT2D eigenvalue weighted by atomic mass is 16.6. The van der Waals surface area contributed by atoms with Crippen LogP contribution < -0.4 is 21.3 Å². The van der Waals surface area contributed by atoms with Crippen LogP contribution in [-0.4, -0.2) is 135 Å². The molecule has 2 aromatic heterocycles. The number of hydrogen-bond acceptors (Lipinski definition) is 11. The van der Waals surface area contributed by atoms with Crippen molar-refractivity contribution in [3.63, 3.8) is 0 Å². The van der Waals surface area contributed by atoms with Crippen molar-refractivity contribution in [1.82, 2.24) is 45.3 Å². The molecule has 2 fully saturated rings. The van der Waals surface area contributed by atoms with Crippen LogP contribution in [0.5, 0.6) is 0 Å². The van der Waals surface area contributed by atoms with Gasteiger partial charge in [0.05, 0.1) is 6.33 Å². The van der Waals surface area contributed by atoms with Crippen LogP contribution in [0.25, 0.3) is 11.2 Å². The predicted octanol–water partition coefficient (Wildman–Crippen LogP) is 1.68. The van der Waals surface area contributed by atoms with Gasteiger partial charge in [0.2, 0.25) is 5.82 Å². The zero-order valence-corrected chi connectivity index (χ0v) is 30.7. The first-order valence-electron chi connectivity index (χ1n) is 18.6. The number of aliphatic hydroxyl groups is 2. The molecular formula is C38H50N10O6. The number of likely N-dealkylation sites (N-methyl/N-ethyl adjacent to an activating group) is 2. The molecule has 6 N–H and O–H groups in total. The molecule has 4 amide bonds. The Bertz CT molecular complexity index is 1820. The lowest BCUT2D eigenvalue weighted by atomic mass is 9.91. The molecule has 2 aliphatic rings. The average molecular weight is 743 g/mol. The van der Waals surface area contributed by atoms with Crippen LogP contribution in [0, 0.1) is 0 Å². The second-order valence-electron chi connectivity index (χ2n) is 13.6. The quantitative estimate of drug-likeness (QED) is 0.104. The van der Waals surface area contributed by atoms with Gasteiger partial charge in [0.25, 0.3) is 11.8 Å². The number of aromatic nitrogens is 4. The summed E-state index contributed by atoms with van der Waals surface area (Å²) in [5, 5.41) is 33.5. The van der Waals surface area contributed by atoms with Crippen LogP contribution >= 0.6 is 0 Å². The number of carbonyl (C=O) groups is 3. The molecule has 6 rings (SSSR count). The highest BCUT2D eigenvalue weighted by molar-refractivity contribution is 5.94. The predicted molar refractivity (Wildman–Crippen MR) is 202 cm³/mol.